The largest absolute Gasteiger partial charge is 0.491 e. The molecule has 3 aromatic heterocycles. The fourth-order valence-corrected chi connectivity index (χ4v) is 4.60. The monoisotopic (exact) mass is 478 g/mol. The summed E-state index contributed by atoms with van der Waals surface area (Å²) >= 11 is 0. The van der Waals surface area contributed by atoms with Crippen molar-refractivity contribution in [3.8, 4) is 17.2 Å². The number of carboxylic acids is 1. The second kappa shape index (κ2) is 9.97. The van der Waals surface area contributed by atoms with E-state index in [0.29, 0.717) is 48.6 Å². The van der Waals surface area contributed by atoms with E-state index in [1.807, 2.05) is 26.0 Å². The fourth-order valence-electron chi connectivity index (χ4n) is 4.60. The Morgan fingerprint density at radius 1 is 1.14 bits per heavy atom. The van der Waals surface area contributed by atoms with Crippen LogP contribution < -0.4 is 10.1 Å². The first-order valence-corrected chi connectivity index (χ1v) is 12.2. The van der Waals surface area contributed by atoms with Crippen LogP contribution >= 0.6 is 0 Å². The Morgan fingerprint density at radius 2 is 2.00 bits per heavy atom. The molecule has 184 valence electrons. The number of hydrogen-bond acceptors (Lipinski definition) is 9. The average Bonchev–Trinajstić information content (AvgIpc) is 3.65. The Labute approximate surface area is 203 Å². The van der Waals surface area contributed by atoms with Crippen LogP contribution in [0, 0.1) is 25.7 Å². The summed E-state index contributed by atoms with van der Waals surface area (Å²) in [5, 5.41) is 16.7. The van der Waals surface area contributed by atoms with Crippen molar-refractivity contribution in [3.63, 3.8) is 0 Å². The highest BCUT2D eigenvalue weighted by molar-refractivity contribution is 5.70. The molecule has 2 aliphatic carbocycles. The molecule has 3 heterocycles. The maximum atomic E-state index is 11.3. The second-order valence-electron chi connectivity index (χ2n) is 9.53. The number of nitrogens with one attached hydrogen (secondary N) is 1. The number of ether oxygens (including phenoxy) is 1. The number of anilines is 1. The van der Waals surface area contributed by atoms with Gasteiger partial charge in [0.2, 0.25) is 5.95 Å². The molecule has 2 saturated carbocycles. The van der Waals surface area contributed by atoms with Crippen LogP contribution in [-0.2, 0) is 11.3 Å². The molecule has 2 fully saturated rings. The van der Waals surface area contributed by atoms with E-state index in [1.54, 1.807) is 6.33 Å². The van der Waals surface area contributed by atoms with Gasteiger partial charge < -0.3 is 19.7 Å². The minimum Gasteiger partial charge on any atom is -0.491 e. The van der Waals surface area contributed by atoms with Gasteiger partial charge in [-0.3, -0.25) is 4.79 Å². The van der Waals surface area contributed by atoms with Gasteiger partial charge in [-0.2, -0.15) is 4.98 Å². The normalized spacial score (nSPS) is 19.9. The Hall–Kier alpha value is -3.56. The molecule has 35 heavy (non-hydrogen) atoms. The zero-order chi connectivity index (χ0) is 24.4. The highest BCUT2D eigenvalue weighted by Crippen LogP contribution is 2.38. The highest BCUT2D eigenvalue weighted by Gasteiger charge is 2.28. The van der Waals surface area contributed by atoms with Crippen molar-refractivity contribution < 1.29 is 19.2 Å². The summed E-state index contributed by atoms with van der Waals surface area (Å²) in [6.07, 6.45) is 7.14. The van der Waals surface area contributed by atoms with E-state index in [4.69, 9.17) is 14.2 Å². The molecule has 0 saturated heterocycles. The summed E-state index contributed by atoms with van der Waals surface area (Å²) in [7, 11) is 0. The van der Waals surface area contributed by atoms with Crippen LogP contribution in [-0.4, -0.2) is 42.8 Å². The SMILES string of the molecule is Cc1nc(-c2onc(C)c2CNc2ncnc(C3CC3)n2)ccc1OC[C@H]1CCC[C@H](C(=O)O)C1. The third-order valence-corrected chi connectivity index (χ3v) is 6.82. The summed E-state index contributed by atoms with van der Waals surface area (Å²) in [6, 6.07) is 3.75. The molecule has 0 radical (unpaired) electrons. The van der Waals surface area contributed by atoms with Crippen molar-refractivity contribution in [2.75, 3.05) is 11.9 Å². The fraction of sp³-hybridized carbons (Fsp3) is 0.520. The molecule has 0 spiro atoms. The molecular formula is C25H30N6O4. The van der Waals surface area contributed by atoms with Gasteiger partial charge in [-0.15, -0.1) is 0 Å². The van der Waals surface area contributed by atoms with Crippen molar-refractivity contribution in [3.05, 3.63) is 41.2 Å². The second-order valence-corrected chi connectivity index (χ2v) is 9.53. The summed E-state index contributed by atoms with van der Waals surface area (Å²) in [6.45, 7) is 4.73. The number of carboxylic acid groups (broad SMARTS) is 1. The lowest BCUT2D eigenvalue weighted by Gasteiger charge is -2.26. The van der Waals surface area contributed by atoms with E-state index >= 15 is 0 Å². The number of aryl methyl sites for hydroxylation is 2. The van der Waals surface area contributed by atoms with Crippen LogP contribution in [0.4, 0.5) is 5.95 Å². The Morgan fingerprint density at radius 3 is 2.77 bits per heavy atom. The molecule has 2 aliphatic rings. The maximum absolute atomic E-state index is 11.3. The molecular weight excluding hydrogens is 448 g/mol. The van der Waals surface area contributed by atoms with E-state index in [1.165, 1.54) is 0 Å². The van der Waals surface area contributed by atoms with Crippen molar-refractivity contribution in [2.24, 2.45) is 11.8 Å². The zero-order valence-electron chi connectivity index (χ0n) is 20.0. The lowest BCUT2D eigenvalue weighted by molar-refractivity contribution is -0.143. The maximum Gasteiger partial charge on any atom is 0.306 e. The van der Waals surface area contributed by atoms with Crippen LogP contribution in [0.5, 0.6) is 5.75 Å². The molecule has 0 bridgehead atoms. The summed E-state index contributed by atoms with van der Waals surface area (Å²) in [5.41, 5.74) is 3.08. The first-order valence-electron chi connectivity index (χ1n) is 12.2. The molecule has 10 heteroatoms. The smallest absolute Gasteiger partial charge is 0.306 e. The number of aromatic nitrogens is 5. The minimum atomic E-state index is -0.705. The quantitative estimate of drug-likeness (QED) is 0.458. The number of hydrogen-bond donors (Lipinski definition) is 2. The number of aliphatic carboxylic acids is 1. The predicted octanol–water partition coefficient (Wildman–Crippen LogP) is 4.30. The lowest BCUT2D eigenvalue weighted by atomic mass is 9.82. The van der Waals surface area contributed by atoms with Gasteiger partial charge in [-0.25, -0.2) is 15.0 Å². The van der Waals surface area contributed by atoms with E-state index in [0.717, 1.165) is 54.9 Å². The summed E-state index contributed by atoms with van der Waals surface area (Å²) in [4.78, 5) is 29.0. The number of carbonyl (C=O) groups is 1. The molecule has 2 atom stereocenters. The molecule has 10 nitrogen and oxygen atoms in total. The minimum absolute atomic E-state index is 0.245. The average molecular weight is 479 g/mol. The Bertz CT molecular complexity index is 1210. The number of nitrogens with zero attached hydrogens (tertiary/aromatic N) is 5. The molecule has 5 rings (SSSR count). The van der Waals surface area contributed by atoms with E-state index in [9.17, 15) is 9.90 Å². The van der Waals surface area contributed by atoms with Crippen LogP contribution in [0.3, 0.4) is 0 Å². The van der Waals surface area contributed by atoms with Crippen molar-refractivity contribution in [1.82, 2.24) is 25.1 Å². The van der Waals surface area contributed by atoms with E-state index in [-0.39, 0.29) is 11.8 Å². The predicted molar refractivity (Wildman–Crippen MR) is 127 cm³/mol. The third kappa shape index (κ3) is 5.41. The molecule has 0 amide bonds. The van der Waals surface area contributed by atoms with Crippen LogP contribution in [0.15, 0.2) is 23.0 Å². The van der Waals surface area contributed by atoms with Gasteiger partial charge in [-0.1, -0.05) is 11.6 Å². The Balaban J connectivity index is 1.24. The summed E-state index contributed by atoms with van der Waals surface area (Å²) < 4.78 is 11.7. The third-order valence-electron chi connectivity index (χ3n) is 6.82. The number of pyridine rings is 1. The van der Waals surface area contributed by atoms with Gasteiger partial charge in [0.05, 0.1) is 23.9 Å². The van der Waals surface area contributed by atoms with Gasteiger partial charge in [0.1, 0.15) is 23.6 Å². The molecule has 3 aromatic rings. The van der Waals surface area contributed by atoms with Gasteiger partial charge >= 0.3 is 5.97 Å². The standard InChI is InChI=1S/C25H30N6O4/c1-14-19(11-26-25-28-13-27-23(30-25)17-6-7-17)22(35-31-14)20-8-9-21(15(2)29-20)34-12-16-4-3-5-18(10-16)24(32)33/h8-9,13,16-18H,3-7,10-12H2,1-2H3,(H,32,33)(H,26,27,28,30)/t16-,18-/m0/s1. The van der Waals surface area contributed by atoms with Gasteiger partial charge in [-0.05, 0) is 64.0 Å². The molecule has 0 aliphatic heterocycles. The topological polar surface area (TPSA) is 136 Å². The molecule has 0 unspecified atom stereocenters. The van der Waals surface area contributed by atoms with Crippen LogP contribution in [0.2, 0.25) is 0 Å². The molecule has 0 aromatic carbocycles. The van der Waals surface area contributed by atoms with Crippen molar-refractivity contribution >= 4 is 11.9 Å². The number of rotatable bonds is 9. The lowest BCUT2D eigenvalue weighted by Crippen LogP contribution is -2.26. The van der Waals surface area contributed by atoms with Crippen molar-refractivity contribution in [1.29, 1.82) is 0 Å². The van der Waals surface area contributed by atoms with Crippen LogP contribution in [0.1, 0.15) is 67.2 Å². The van der Waals surface area contributed by atoms with E-state index in [2.05, 4.69) is 25.4 Å². The Kier molecular flexibility index (Phi) is 6.61. The van der Waals surface area contributed by atoms with Gasteiger partial charge in [0.25, 0.3) is 0 Å². The molecule has 2 N–H and O–H groups in total. The first-order chi connectivity index (χ1) is 17.0. The summed E-state index contributed by atoms with van der Waals surface area (Å²) in [5.74, 6) is 2.39. The van der Waals surface area contributed by atoms with E-state index < -0.39 is 5.97 Å². The van der Waals surface area contributed by atoms with Crippen LogP contribution in [0.25, 0.3) is 11.5 Å². The van der Waals surface area contributed by atoms with Gasteiger partial charge in [0, 0.05) is 18.0 Å². The zero-order valence-corrected chi connectivity index (χ0v) is 20.0. The van der Waals surface area contributed by atoms with Crippen molar-refractivity contribution in [2.45, 2.75) is 64.8 Å². The first kappa shape index (κ1) is 23.2. The highest BCUT2D eigenvalue weighted by atomic mass is 16.5. The van der Waals surface area contributed by atoms with Gasteiger partial charge in [0.15, 0.2) is 5.76 Å².